The van der Waals surface area contributed by atoms with Gasteiger partial charge in [0.15, 0.2) is 5.96 Å². The number of nitrogens with one attached hydrogen (secondary N) is 2. The summed E-state index contributed by atoms with van der Waals surface area (Å²) in [6.07, 6.45) is -4.20. The summed E-state index contributed by atoms with van der Waals surface area (Å²) in [4.78, 5) is 19.0. The third kappa shape index (κ3) is 10.7. The van der Waals surface area contributed by atoms with Gasteiger partial charge in [0.05, 0.1) is 13.1 Å². The van der Waals surface area contributed by atoms with Gasteiger partial charge in [-0.25, -0.2) is 4.99 Å². The van der Waals surface area contributed by atoms with Crippen LogP contribution in [0.4, 0.5) is 13.2 Å². The van der Waals surface area contributed by atoms with Gasteiger partial charge in [0.2, 0.25) is 0 Å². The van der Waals surface area contributed by atoms with Gasteiger partial charge in [0.1, 0.15) is 0 Å². The van der Waals surface area contributed by atoms with Crippen molar-refractivity contribution in [2.24, 2.45) is 4.99 Å². The number of carbonyl (C=O) groups excluding carboxylic acids is 1. The molecule has 6 nitrogen and oxygen atoms in total. The van der Waals surface area contributed by atoms with Gasteiger partial charge < -0.3 is 15.5 Å². The summed E-state index contributed by atoms with van der Waals surface area (Å²) >= 11 is 0. The minimum atomic E-state index is -4.20. The van der Waals surface area contributed by atoms with E-state index in [1.807, 2.05) is 19.1 Å². The van der Waals surface area contributed by atoms with Crippen LogP contribution in [0, 0.1) is 0 Å². The molecule has 0 bridgehead atoms. The second-order valence-electron chi connectivity index (χ2n) is 6.37. The number of alkyl halides is 3. The summed E-state index contributed by atoms with van der Waals surface area (Å²) in [5.41, 5.74) is 1.53. The largest absolute Gasteiger partial charge is 0.401 e. The van der Waals surface area contributed by atoms with Crippen molar-refractivity contribution < 1.29 is 18.0 Å². The summed E-state index contributed by atoms with van der Waals surface area (Å²) in [6.45, 7) is 2.58. The molecule has 10 heteroatoms. The van der Waals surface area contributed by atoms with Gasteiger partial charge in [-0.1, -0.05) is 12.1 Å². The van der Waals surface area contributed by atoms with Gasteiger partial charge in [-0.05, 0) is 31.7 Å². The number of hydrogen-bond acceptors (Lipinski definition) is 3. The Balaban J connectivity index is 0.00000729. The van der Waals surface area contributed by atoms with Crippen LogP contribution in [0.1, 0.15) is 22.8 Å². The van der Waals surface area contributed by atoms with E-state index in [2.05, 4.69) is 15.6 Å². The summed E-state index contributed by atoms with van der Waals surface area (Å²) in [5.74, 6) is 0.467. The fraction of sp³-hybridized carbons (Fsp3) is 0.556. The van der Waals surface area contributed by atoms with Gasteiger partial charge in [-0.3, -0.25) is 9.69 Å². The first-order chi connectivity index (χ1) is 12.6. The van der Waals surface area contributed by atoms with E-state index in [-0.39, 0.29) is 36.4 Å². The van der Waals surface area contributed by atoms with Gasteiger partial charge in [-0.2, -0.15) is 13.2 Å². The summed E-state index contributed by atoms with van der Waals surface area (Å²) < 4.78 is 37.0. The lowest BCUT2D eigenvalue weighted by Gasteiger charge is -2.19. The number of likely N-dealkylation sites (N-methyl/N-ethyl adjacent to an activating group) is 1. The molecule has 1 aromatic carbocycles. The standard InChI is InChI=1S/C18H28F3N5O.HI/c1-5-22-17(23-10-11-26(4)13-18(19,20)21)24-12-14-6-8-15(9-7-14)16(27)25(2)3;/h6-9H,5,10-13H2,1-4H3,(H2,22,23,24);1H. The van der Waals surface area contributed by atoms with Gasteiger partial charge in [-0.15, -0.1) is 24.0 Å². The molecule has 1 aromatic rings. The predicted molar refractivity (Wildman–Crippen MR) is 116 cm³/mol. The average molecular weight is 515 g/mol. The van der Waals surface area contributed by atoms with Crippen molar-refractivity contribution in [1.29, 1.82) is 0 Å². The second-order valence-corrected chi connectivity index (χ2v) is 6.37. The average Bonchev–Trinajstić information content (AvgIpc) is 2.57. The van der Waals surface area contributed by atoms with Crippen molar-refractivity contribution in [3.63, 3.8) is 0 Å². The summed E-state index contributed by atoms with van der Waals surface area (Å²) in [7, 11) is 4.82. The highest BCUT2D eigenvalue weighted by Crippen LogP contribution is 2.15. The lowest BCUT2D eigenvalue weighted by atomic mass is 10.1. The molecular formula is C18H29F3IN5O. The molecule has 0 aliphatic rings. The van der Waals surface area contributed by atoms with Crippen LogP contribution in [0.2, 0.25) is 0 Å². The third-order valence-electron chi connectivity index (χ3n) is 3.61. The van der Waals surface area contributed by atoms with Gasteiger partial charge in [0.25, 0.3) is 5.91 Å². The normalized spacial score (nSPS) is 11.8. The Hall–Kier alpha value is -1.56. The molecule has 2 N–H and O–H groups in total. The number of nitrogens with zero attached hydrogens (tertiary/aromatic N) is 3. The first-order valence-electron chi connectivity index (χ1n) is 8.70. The van der Waals surface area contributed by atoms with E-state index in [0.717, 1.165) is 5.56 Å². The summed E-state index contributed by atoms with van der Waals surface area (Å²) in [5, 5.41) is 6.08. The van der Waals surface area contributed by atoms with E-state index in [0.29, 0.717) is 31.2 Å². The molecule has 0 unspecified atom stereocenters. The molecule has 28 heavy (non-hydrogen) atoms. The van der Waals surface area contributed by atoms with Gasteiger partial charge >= 0.3 is 6.18 Å². The summed E-state index contributed by atoms with van der Waals surface area (Å²) in [6, 6.07) is 7.17. The van der Waals surface area contributed by atoms with Crippen molar-refractivity contribution in [3.05, 3.63) is 35.4 Å². The quantitative estimate of drug-likeness (QED) is 0.318. The zero-order chi connectivity index (χ0) is 20.4. The highest BCUT2D eigenvalue weighted by atomic mass is 127. The zero-order valence-corrected chi connectivity index (χ0v) is 19.0. The van der Waals surface area contributed by atoms with Crippen LogP contribution in [0.3, 0.4) is 0 Å². The monoisotopic (exact) mass is 515 g/mol. The van der Waals surface area contributed by atoms with Crippen LogP contribution in [0.15, 0.2) is 29.3 Å². The minimum absolute atomic E-state index is 0. The molecular weight excluding hydrogens is 486 g/mol. The number of benzene rings is 1. The van der Waals surface area contributed by atoms with Crippen molar-refractivity contribution >= 4 is 35.8 Å². The maximum Gasteiger partial charge on any atom is 0.401 e. The van der Waals surface area contributed by atoms with E-state index >= 15 is 0 Å². The zero-order valence-electron chi connectivity index (χ0n) is 16.6. The topological polar surface area (TPSA) is 60.0 Å². The Kier molecular flexibility index (Phi) is 12.1. The maximum atomic E-state index is 12.3. The third-order valence-corrected chi connectivity index (χ3v) is 3.61. The van der Waals surface area contributed by atoms with Crippen molar-refractivity contribution in [2.45, 2.75) is 19.6 Å². The molecule has 0 aromatic heterocycles. The van der Waals surface area contributed by atoms with Crippen molar-refractivity contribution in [3.8, 4) is 0 Å². The lowest BCUT2D eigenvalue weighted by molar-refractivity contribution is -0.142. The van der Waals surface area contributed by atoms with Crippen LogP contribution < -0.4 is 10.6 Å². The van der Waals surface area contributed by atoms with E-state index in [1.165, 1.54) is 16.8 Å². The van der Waals surface area contributed by atoms with Crippen LogP contribution >= 0.6 is 24.0 Å². The Labute approximate surface area is 181 Å². The second kappa shape index (κ2) is 12.8. The van der Waals surface area contributed by atoms with Crippen LogP contribution in [-0.2, 0) is 6.54 Å². The van der Waals surface area contributed by atoms with E-state index in [1.54, 1.807) is 26.2 Å². The molecule has 0 aliphatic carbocycles. The van der Waals surface area contributed by atoms with E-state index < -0.39 is 12.7 Å². The number of halogens is 4. The van der Waals surface area contributed by atoms with E-state index in [4.69, 9.17) is 0 Å². The molecule has 1 amide bonds. The molecule has 1 rings (SSSR count). The Morgan fingerprint density at radius 1 is 1.11 bits per heavy atom. The first-order valence-corrected chi connectivity index (χ1v) is 8.70. The SMILES string of the molecule is CCNC(=NCc1ccc(C(=O)N(C)C)cc1)NCCN(C)CC(F)(F)F.I. The minimum Gasteiger partial charge on any atom is -0.357 e. The maximum absolute atomic E-state index is 12.3. The molecule has 0 saturated heterocycles. The molecule has 0 radical (unpaired) electrons. The molecule has 0 heterocycles. The fourth-order valence-corrected chi connectivity index (χ4v) is 2.27. The Bertz CT molecular complexity index is 621. The molecule has 0 saturated carbocycles. The van der Waals surface area contributed by atoms with E-state index in [9.17, 15) is 18.0 Å². The van der Waals surface area contributed by atoms with Crippen LogP contribution in [0.5, 0.6) is 0 Å². The molecule has 160 valence electrons. The number of hydrogen-bond donors (Lipinski definition) is 2. The molecule has 0 fully saturated rings. The molecule has 0 atom stereocenters. The predicted octanol–water partition coefficient (Wildman–Crippen LogP) is 2.56. The number of aliphatic imine (C=N–C) groups is 1. The molecule has 0 aliphatic heterocycles. The van der Waals surface area contributed by atoms with Crippen LogP contribution in [-0.4, -0.2) is 75.2 Å². The molecule has 0 spiro atoms. The Morgan fingerprint density at radius 2 is 1.71 bits per heavy atom. The van der Waals surface area contributed by atoms with Gasteiger partial charge in [0, 0.05) is 39.3 Å². The number of rotatable bonds is 8. The van der Waals surface area contributed by atoms with Crippen molar-refractivity contribution in [2.75, 3.05) is 47.3 Å². The number of guanidine groups is 1. The Morgan fingerprint density at radius 3 is 2.21 bits per heavy atom. The lowest BCUT2D eigenvalue weighted by Crippen LogP contribution is -2.42. The number of amides is 1. The highest BCUT2D eigenvalue weighted by molar-refractivity contribution is 14.0. The van der Waals surface area contributed by atoms with Crippen LogP contribution in [0.25, 0.3) is 0 Å². The smallest absolute Gasteiger partial charge is 0.357 e. The fourth-order valence-electron chi connectivity index (χ4n) is 2.27. The number of carbonyl (C=O) groups is 1. The highest BCUT2D eigenvalue weighted by Gasteiger charge is 2.28. The first kappa shape index (κ1) is 26.4. The van der Waals surface area contributed by atoms with Crippen molar-refractivity contribution in [1.82, 2.24) is 20.4 Å².